The summed E-state index contributed by atoms with van der Waals surface area (Å²) in [5, 5.41) is 2.98. The predicted octanol–water partition coefficient (Wildman–Crippen LogP) is 2.30. The fraction of sp³-hybridized carbons (Fsp3) is 0.562. The molecule has 1 heterocycles. The number of nitrogens with one attached hydrogen (secondary N) is 1. The number of ether oxygens (including phenoxy) is 1. The largest absolute Gasteiger partial charge is 0.493 e. The molecule has 4 nitrogen and oxygen atoms in total. The number of carbonyl (C=O) groups excluding carboxylic acids is 1. The number of para-hydroxylation sites is 1. The number of rotatable bonds is 7. The lowest BCUT2D eigenvalue weighted by molar-refractivity contribution is 0.0945. The molecule has 4 heteroatoms. The van der Waals surface area contributed by atoms with E-state index in [9.17, 15) is 4.79 Å². The zero-order chi connectivity index (χ0) is 14.2. The van der Waals surface area contributed by atoms with E-state index in [1.807, 2.05) is 24.3 Å². The Morgan fingerprint density at radius 2 is 2.05 bits per heavy atom. The molecule has 110 valence electrons. The summed E-state index contributed by atoms with van der Waals surface area (Å²) in [7, 11) is 0. The molecule has 1 fully saturated rings. The molecule has 0 unspecified atom stereocenters. The van der Waals surface area contributed by atoms with Crippen molar-refractivity contribution in [1.82, 2.24) is 10.2 Å². The molecule has 0 atom stereocenters. The van der Waals surface area contributed by atoms with Gasteiger partial charge in [0.25, 0.3) is 5.91 Å². The zero-order valence-corrected chi connectivity index (χ0v) is 12.2. The third-order valence-corrected chi connectivity index (χ3v) is 3.51. The van der Waals surface area contributed by atoms with Gasteiger partial charge < -0.3 is 15.0 Å². The molecular weight excluding hydrogens is 252 g/mol. The number of likely N-dealkylation sites (tertiary alicyclic amines) is 1. The van der Waals surface area contributed by atoms with Gasteiger partial charge in [-0.25, -0.2) is 0 Å². The van der Waals surface area contributed by atoms with Crippen LogP contribution >= 0.6 is 0 Å². The van der Waals surface area contributed by atoms with Crippen LogP contribution in [0.4, 0.5) is 0 Å². The van der Waals surface area contributed by atoms with Crippen molar-refractivity contribution in [2.75, 3.05) is 32.8 Å². The zero-order valence-electron chi connectivity index (χ0n) is 12.2. The summed E-state index contributed by atoms with van der Waals surface area (Å²) in [6.45, 7) is 6.64. The van der Waals surface area contributed by atoms with Gasteiger partial charge in [-0.2, -0.15) is 0 Å². The summed E-state index contributed by atoms with van der Waals surface area (Å²) < 4.78 is 5.62. The second-order valence-electron chi connectivity index (χ2n) is 5.15. The third-order valence-electron chi connectivity index (χ3n) is 3.51. The van der Waals surface area contributed by atoms with Crippen molar-refractivity contribution in [3.8, 4) is 5.75 Å². The van der Waals surface area contributed by atoms with Crippen molar-refractivity contribution < 1.29 is 9.53 Å². The molecule has 2 rings (SSSR count). The molecule has 1 saturated heterocycles. The highest BCUT2D eigenvalue weighted by atomic mass is 16.5. The van der Waals surface area contributed by atoms with E-state index in [1.165, 1.54) is 12.8 Å². The van der Waals surface area contributed by atoms with Crippen LogP contribution in [-0.4, -0.2) is 43.6 Å². The second kappa shape index (κ2) is 7.90. The minimum absolute atomic E-state index is 0.0455. The monoisotopic (exact) mass is 276 g/mol. The number of nitrogens with zero attached hydrogens (tertiary/aromatic N) is 1. The van der Waals surface area contributed by atoms with Crippen molar-refractivity contribution in [3.05, 3.63) is 29.8 Å². The van der Waals surface area contributed by atoms with E-state index >= 15 is 0 Å². The van der Waals surface area contributed by atoms with Crippen LogP contribution in [0.2, 0.25) is 0 Å². The van der Waals surface area contributed by atoms with Gasteiger partial charge in [-0.15, -0.1) is 0 Å². The lowest BCUT2D eigenvalue weighted by Gasteiger charge is -2.15. The summed E-state index contributed by atoms with van der Waals surface area (Å²) in [5.41, 5.74) is 0.627. The summed E-state index contributed by atoms with van der Waals surface area (Å²) in [5.74, 6) is 0.629. The normalized spacial score (nSPS) is 15.2. The molecule has 0 radical (unpaired) electrons. The van der Waals surface area contributed by atoms with Gasteiger partial charge in [-0.05, 0) is 44.5 Å². The Morgan fingerprint density at radius 3 is 2.80 bits per heavy atom. The highest BCUT2D eigenvalue weighted by molar-refractivity contribution is 5.96. The number of hydrogen-bond acceptors (Lipinski definition) is 3. The molecule has 20 heavy (non-hydrogen) atoms. The molecule has 0 aromatic heterocycles. The maximum atomic E-state index is 12.2. The van der Waals surface area contributed by atoms with Crippen LogP contribution in [0.1, 0.15) is 36.5 Å². The summed E-state index contributed by atoms with van der Waals surface area (Å²) in [4.78, 5) is 14.6. The van der Waals surface area contributed by atoms with Crippen molar-refractivity contribution in [2.24, 2.45) is 0 Å². The van der Waals surface area contributed by atoms with Crippen LogP contribution in [0, 0.1) is 0 Å². The van der Waals surface area contributed by atoms with Gasteiger partial charge in [0.05, 0.1) is 12.2 Å². The third kappa shape index (κ3) is 4.23. The van der Waals surface area contributed by atoms with E-state index in [-0.39, 0.29) is 5.91 Å². The van der Waals surface area contributed by atoms with Crippen LogP contribution in [0.5, 0.6) is 5.75 Å². The predicted molar refractivity (Wildman–Crippen MR) is 80.2 cm³/mol. The van der Waals surface area contributed by atoms with Crippen molar-refractivity contribution in [2.45, 2.75) is 26.2 Å². The SMILES string of the molecule is CCCOc1ccccc1C(=O)NCCN1CCCC1. The Kier molecular flexibility index (Phi) is 5.87. The lowest BCUT2D eigenvalue weighted by atomic mass is 10.2. The van der Waals surface area contributed by atoms with E-state index in [0.29, 0.717) is 24.5 Å². The van der Waals surface area contributed by atoms with Gasteiger partial charge >= 0.3 is 0 Å². The average molecular weight is 276 g/mol. The first-order valence-corrected chi connectivity index (χ1v) is 7.53. The van der Waals surface area contributed by atoms with Crippen molar-refractivity contribution >= 4 is 5.91 Å². The average Bonchev–Trinajstić information content (AvgIpc) is 2.98. The van der Waals surface area contributed by atoms with Crippen LogP contribution < -0.4 is 10.1 Å². The molecule has 1 aliphatic heterocycles. The number of hydrogen-bond donors (Lipinski definition) is 1. The highest BCUT2D eigenvalue weighted by Gasteiger charge is 2.14. The molecule has 1 aliphatic rings. The molecule has 1 N–H and O–H groups in total. The summed E-state index contributed by atoms with van der Waals surface area (Å²) in [6, 6.07) is 7.43. The van der Waals surface area contributed by atoms with Crippen molar-refractivity contribution in [3.63, 3.8) is 0 Å². The maximum Gasteiger partial charge on any atom is 0.255 e. The smallest absolute Gasteiger partial charge is 0.255 e. The van der Waals surface area contributed by atoms with Crippen molar-refractivity contribution in [1.29, 1.82) is 0 Å². The molecule has 1 amide bonds. The Bertz CT molecular complexity index is 428. The van der Waals surface area contributed by atoms with Gasteiger partial charge in [0.15, 0.2) is 0 Å². The van der Waals surface area contributed by atoms with Crippen LogP contribution in [0.15, 0.2) is 24.3 Å². The molecule has 0 aliphatic carbocycles. The Labute approximate surface area is 121 Å². The Balaban J connectivity index is 1.84. The van der Waals surface area contributed by atoms with E-state index in [4.69, 9.17) is 4.74 Å². The lowest BCUT2D eigenvalue weighted by Crippen LogP contribution is -2.33. The van der Waals surface area contributed by atoms with E-state index in [1.54, 1.807) is 0 Å². The van der Waals surface area contributed by atoms with Gasteiger partial charge in [0, 0.05) is 13.1 Å². The molecular formula is C16H24N2O2. The Hall–Kier alpha value is -1.55. The highest BCUT2D eigenvalue weighted by Crippen LogP contribution is 2.18. The first kappa shape index (κ1) is 14.9. The molecule has 0 bridgehead atoms. The number of amides is 1. The topological polar surface area (TPSA) is 41.6 Å². The van der Waals surface area contributed by atoms with Crippen LogP contribution in [0.3, 0.4) is 0 Å². The summed E-state index contributed by atoms with van der Waals surface area (Å²) >= 11 is 0. The van der Waals surface area contributed by atoms with Crippen LogP contribution in [0.25, 0.3) is 0 Å². The number of carbonyl (C=O) groups is 1. The minimum atomic E-state index is -0.0455. The number of benzene rings is 1. The molecule has 0 spiro atoms. The molecule has 1 aromatic rings. The fourth-order valence-corrected chi connectivity index (χ4v) is 2.42. The van der Waals surface area contributed by atoms with Gasteiger partial charge in [-0.3, -0.25) is 4.79 Å². The van der Waals surface area contributed by atoms with E-state index in [2.05, 4.69) is 17.1 Å². The maximum absolute atomic E-state index is 12.2. The van der Waals surface area contributed by atoms with Crippen LogP contribution in [-0.2, 0) is 0 Å². The second-order valence-corrected chi connectivity index (χ2v) is 5.15. The molecule has 0 saturated carbocycles. The van der Waals surface area contributed by atoms with Gasteiger partial charge in [0.1, 0.15) is 5.75 Å². The fourth-order valence-electron chi connectivity index (χ4n) is 2.42. The standard InChI is InChI=1S/C16H24N2O2/c1-2-13-20-15-8-4-3-7-14(15)16(19)17-9-12-18-10-5-6-11-18/h3-4,7-8H,2,5-6,9-13H2,1H3,(H,17,19). The minimum Gasteiger partial charge on any atom is -0.493 e. The first-order valence-electron chi connectivity index (χ1n) is 7.53. The van der Waals surface area contributed by atoms with E-state index < -0.39 is 0 Å². The molecule has 1 aromatic carbocycles. The Morgan fingerprint density at radius 1 is 1.30 bits per heavy atom. The summed E-state index contributed by atoms with van der Waals surface area (Å²) in [6.07, 6.45) is 3.49. The van der Waals surface area contributed by atoms with E-state index in [0.717, 1.165) is 26.1 Å². The van der Waals surface area contributed by atoms with Gasteiger partial charge in [0.2, 0.25) is 0 Å². The first-order chi connectivity index (χ1) is 9.81. The van der Waals surface area contributed by atoms with Gasteiger partial charge in [-0.1, -0.05) is 19.1 Å². The quantitative estimate of drug-likeness (QED) is 0.831.